The average molecular weight is 292 g/mol. The number of aromatic nitrogens is 3. The van der Waals surface area contributed by atoms with Gasteiger partial charge in [0.2, 0.25) is 0 Å². The predicted molar refractivity (Wildman–Crippen MR) is 70.9 cm³/mol. The lowest BCUT2D eigenvalue weighted by Gasteiger charge is -2.18. The highest BCUT2D eigenvalue weighted by atomic mass is 16.5. The summed E-state index contributed by atoms with van der Waals surface area (Å²) in [5.41, 5.74) is 0. The van der Waals surface area contributed by atoms with E-state index in [1.165, 1.54) is 6.20 Å². The molecule has 112 valence electrons. The summed E-state index contributed by atoms with van der Waals surface area (Å²) in [6.07, 6.45) is 4.61. The minimum atomic E-state index is -0.376. The molecule has 1 saturated heterocycles. The molecule has 1 amide bonds. The van der Waals surface area contributed by atoms with Crippen molar-refractivity contribution in [1.82, 2.24) is 20.1 Å². The monoisotopic (exact) mass is 292 g/mol. The quantitative estimate of drug-likeness (QED) is 0.871. The summed E-state index contributed by atoms with van der Waals surface area (Å²) in [6, 6.07) is -0.259. The molecule has 0 unspecified atom stereocenters. The fourth-order valence-electron chi connectivity index (χ4n) is 2.11. The Morgan fingerprint density at radius 1 is 1.48 bits per heavy atom. The van der Waals surface area contributed by atoms with Crippen LogP contribution in [0, 0.1) is 6.92 Å². The minimum absolute atomic E-state index is 0.0412. The van der Waals surface area contributed by atoms with Crippen LogP contribution in [0.3, 0.4) is 0 Å². The van der Waals surface area contributed by atoms with Crippen molar-refractivity contribution in [2.24, 2.45) is 7.05 Å². The van der Waals surface area contributed by atoms with E-state index >= 15 is 0 Å². The van der Waals surface area contributed by atoms with E-state index in [9.17, 15) is 4.79 Å². The maximum absolute atomic E-state index is 12.0. The second kappa shape index (κ2) is 5.57. The highest BCUT2D eigenvalue weighted by Gasteiger charge is 2.32. The van der Waals surface area contributed by atoms with Crippen LogP contribution in [-0.2, 0) is 11.8 Å². The van der Waals surface area contributed by atoms with Crippen molar-refractivity contribution in [3.63, 3.8) is 0 Å². The summed E-state index contributed by atoms with van der Waals surface area (Å²) >= 11 is 0. The molecule has 3 heterocycles. The van der Waals surface area contributed by atoms with Crippen LogP contribution in [0.2, 0.25) is 0 Å². The van der Waals surface area contributed by atoms with E-state index in [0.717, 1.165) is 0 Å². The normalized spacial score (nSPS) is 21.4. The summed E-state index contributed by atoms with van der Waals surface area (Å²) in [4.78, 5) is 15.9. The third kappa shape index (κ3) is 3.05. The van der Waals surface area contributed by atoms with Gasteiger partial charge >= 0.3 is 5.91 Å². The largest absolute Gasteiger partial charge is 0.482 e. The summed E-state index contributed by atoms with van der Waals surface area (Å²) in [6.45, 7) is 2.53. The number of aryl methyl sites for hydroxylation is 2. The zero-order valence-corrected chi connectivity index (χ0v) is 11.8. The Kier molecular flexibility index (Phi) is 3.61. The molecule has 0 aliphatic carbocycles. The van der Waals surface area contributed by atoms with E-state index in [0.29, 0.717) is 24.7 Å². The lowest BCUT2D eigenvalue weighted by atomic mass is 10.2. The molecule has 1 aliphatic rings. The summed E-state index contributed by atoms with van der Waals surface area (Å²) in [5, 5.41) is 6.85. The van der Waals surface area contributed by atoms with E-state index in [2.05, 4.69) is 15.4 Å². The zero-order chi connectivity index (χ0) is 14.8. The van der Waals surface area contributed by atoms with Gasteiger partial charge in [0, 0.05) is 7.05 Å². The number of hydrogen-bond acceptors (Lipinski definition) is 6. The number of nitrogens with zero attached hydrogens (tertiary/aromatic N) is 3. The van der Waals surface area contributed by atoms with Gasteiger partial charge in [0.05, 0.1) is 37.8 Å². The predicted octanol–water partition coefficient (Wildman–Crippen LogP) is 0.293. The molecule has 8 nitrogen and oxygen atoms in total. The molecule has 21 heavy (non-hydrogen) atoms. The average Bonchev–Trinajstić information content (AvgIpc) is 3.14. The topological polar surface area (TPSA) is 91.4 Å². The van der Waals surface area contributed by atoms with Gasteiger partial charge in [-0.05, 0) is 6.92 Å². The third-order valence-corrected chi connectivity index (χ3v) is 3.13. The van der Waals surface area contributed by atoms with Gasteiger partial charge in [0.1, 0.15) is 11.9 Å². The van der Waals surface area contributed by atoms with Crippen molar-refractivity contribution >= 4 is 5.91 Å². The molecule has 1 fully saturated rings. The van der Waals surface area contributed by atoms with Gasteiger partial charge in [-0.2, -0.15) is 5.10 Å². The van der Waals surface area contributed by atoms with E-state index in [4.69, 9.17) is 13.9 Å². The van der Waals surface area contributed by atoms with Crippen molar-refractivity contribution in [2.45, 2.75) is 19.1 Å². The molecule has 2 aromatic heterocycles. The minimum Gasteiger partial charge on any atom is -0.482 e. The van der Waals surface area contributed by atoms with Crippen molar-refractivity contribution < 1.29 is 18.7 Å². The molecule has 0 spiro atoms. The molecule has 2 aromatic rings. The van der Waals surface area contributed by atoms with Crippen LogP contribution in [0.4, 0.5) is 0 Å². The van der Waals surface area contributed by atoms with Crippen molar-refractivity contribution in [3.8, 4) is 5.75 Å². The first-order chi connectivity index (χ1) is 10.1. The van der Waals surface area contributed by atoms with Crippen LogP contribution >= 0.6 is 0 Å². The van der Waals surface area contributed by atoms with Gasteiger partial charge < -0.3 is 19.2 Å². The van der Waals surface area contributed by atoms with E-state index in [1.54, 1.807) is 24.0 Å². The zero-order valence-electron chi connectivity index (χ0n) is 11.8. The van der Waals surface area contributed by atoms with Crippen molar-refractivity contribution in [2.75, 3.05) is 13.2 Å². The first-order valence-corrected chi connectivity index (χ1v) is 6.58. The molecule has 1 aliphatic heterocycles. The summed E-state index contributed by atoms with van der Waals surface area (Å²) in [7, 11) is 1.81. The van der Waals surface area contributed by atoms with Crippen molar-refractivity contribution in [3.05, 3.63) is 30.2 Å². The van der Waals surface area contributed by atoms with Crippen LogP contribution in [0.15, 0.2) is 23.0 Å². The Morgan fingerprint density at radius 2 is 2.33 bits per heavy atom. The molecule has 0 bridgehead atoms. The molecule has 1 N–H and O–H groups in total. The number of oxazole rings is 1. The van der Waals surface area contributed by atoms with Crippen LogP contribution in [0.5, 0.6) is 5.75 Å². The number of hydrogen-bond donors (Lipinski definition) is 1. The van der Waals surface area contributed by atoms with Gasteiger partial charge in [-0.15, -0.1) is 0 Å². The second-order valence-corrected chi connectivity index (χ2v) is 4.90. The smallest absolute Gasteiger partial charge is 0.307 e. The lowest BCUT2D eigenvalue weighted by molar-refractivity contribution is 0.0868. The van der Waals surface area contributed by atoms with E-state index < -0.39 is 0 Å². The van der Waals surface area contributed by atoms with Crippen LogP contribution in [0.25, 0.3) is 0 Å². The molecule has 2 atom stereocenters. The molecule has 3 rings (SSSR count). The van der Waals surface area contributed by atoms with E-state index in [-0.39, 0.29) is 23.9 Å². The third-order valence-electron chi connectivity index (χ3n) is 3.13. The molecule has 0 aromatic carbocycles. The SMILES string of the molecule is Cc1cnc(C(=O)N[C@H]2COC[C@H]2Oc2cnn(C)c2)o1. The van der Waals surface area contributed by atoms with Crippen LogP contribution in [0.1, 0.15) is 16.4 Å². The first-order valence-electron chi connectivity index (χ1n) is 6.58. The Morgan fingerprint density at radius 3 is 3.00 bits per heavy atom. The number of carbonyl (C=O) groups is 1. The van der Waals surface area contributed by atoms with Crippen LogP contribution < -0.4 is 10.1 Å². The Hall–Kier alpha value is -2.35. The Bertz CT molecular complexity index is 636. The van der Waals surface area contributed by atoms with Gasteiger partial charge in [0.15, 0.2) is 5.75 Å². The highest BCUT2D eigenvalue weighted by Crippen LogP contribution is 2.16. The van der Waals surface area contributed by atoms with Crippen LogP contribution in [-0.4, -0.2) is 46.0 Å². The standard InChI is InChI=1S/C13H16N4O4/c1-8-3-14-13(20-8)12(18)16-10-6-19-7-11(10)21-9-4-15-17(2)5-9/h3-5,10-11H,6-7H2,1-2H3,(H,16,18)/t10-,11+/m0/s1. The van der Waals surface area contributed by atoms with Gasteiger partial charge in [-0.3, -0.25) is 9.48 Å². The molecular formula is C13H16N4O4. The number of amides is 1. The van der Waals surface area contributed by atoms with Gasteiger partial charge in [-0.1, -0.05) is 0 Å². The summed E-state index contributed by atoms with van der Waals surface area (Å²) < 4.78 is 18.0. The maximum atomic E-state index is 12.0. The van der Waals surface area contributed by atoms with Crippen molar-refractivity contribution in [1.29, 1.82) is 0 Å². The molecular weight excluding hydrogens is 276 g/mol. The molecule has 8 heteroatoms. The Labute approximate surface area is 121 Å². The van der Waals surface area contributed by atoms with Gasteiger partial charge in [0.25, 0.3) is 5.89 Å². The van der Waals surface area contributed by atoms with E-state index in [1.807, 2.05) is 7.05 Å². The molecule has 0 radical (unpaired) electrons. The number of carbonyl (C=O) groups excluding carboxylic acids is 1. The number of ether oxygens (including phenoxy) is 2. The first kappa shape index (κ1) is 13.6. The maximum Gasteiger partial charge on any atom is 0.307 e. The van der Waals surface area contributed by atoms with Gasteiger partial charge in [-0.25, -0.2) is 4.98 Å². The number of rotatable bonds is 4. The lowest BCUT2D eigenvalue weighted by Crippen LogP contribution is -2.45. The fourth-order valence-corrected chi connectivity index (χ4v) is 2.11. The Balaban J connectivity index is 1.62. The fraction of sp³-hybridized carbons (Fsp3) is 0.462. The number of nitrogens with one attached hydrogen (secondary N) is 1. The second-order valence-electron chi connectivity index (χ2n) is 4.90. The summed E-state index contributed by atoms with van der Waals surface area (Å²) in [5.74, 6) is 0.892. The highest BCUT2D eigenvalue weighted by molar-refractivity contribution is 5.89. The molecule has 0 saturated carbocycles.